The molecule has 0 spiro atoms. The zero-order chi connectivity index (χ0) is 18.9. The van der Waals surface area contributed by atoms with Gasteiger partial charge in [0.25, 0.3) is 5.69 Å². The minimum atomic E-state index is -0.419. The number of guanidine groups is 1. The zero-order valence-corrected chi connectivity index (χ0v) is 17.3. The number of aliphatic imine (C=N–C) groups is 1. The lowest BCUT2D eigenvalue weighted by Crippen LogP contribution is -2.36. The van der Waals surface area contributed by atoms with E-state index in [1.165, 1.54) is 12.1 Å². The summed E-state index contributed by atoms with van der Waals surface area (Å²) in [5, 5.41) is 17.2. The third kappa shape index (κ3) is 6.65. The van der Waals surface area contributed by atoms with E-state index in [4.69, 9.17) is 4.42 Å². The van der Waals surface area contributed by atoms with Crippen LogP contribution in [0, 0.1) is 10.1 Å². The van der Waals surface area contributed by atoms with E-state index >= 15 is 0 Å². The number of benzene rings is 1. The summed E-state index contributed by atoms with van der Waals surface area (Å²) in [5.41, 5.74) is 1.82. The summed E-state index contributed by atoms with van der Waals surface area (Å²) in [4.78, 5) is 19.1. The van der Waals surface area contributed by atoms with Crippen LogP contribution in [-0.2, 0) is 19.6 Å². The van der Waals surface area contributed by atoms with Crippen LogP contribution in [0.4, 0.5) is 5.69 Å². The predicted octanol–water partition coefficient (Wildman–Crippen LogP) is 3.64. The van der Waals surface area contributed by atoms with Crippen LogP contribution in [0.15, 0.2) is 76.5 Å². The Morgan fingerprint density at radius 1 is 1.07 bits per heavy atom. The standard InChI is InChI=1S/C19H19N5O3.HI/c25-24(26)17-8-6-15(7-9-17)12-21-19(23-14-18-5-3-11-27-18)22-13-16-4-1-2-10-20-16;/h1-11H,12-14H2,(H2,21,22,23);1H. The lowest BCUT2D eigenvalue weighted by atomic mass is 10.2. The second kappa shape index (κ2) is 11.0. The van der Waals surface area contributed by atoms with Crippen molar-refractivity contribution in [3.8, 4) is 0 Å². The number of furan rings is 1. The fourth-order valence-corrected chi connectivity index (χ4v) is 2.33. The van der Waals surface area contributed by atoms with Gasteiger partial charge in [-0.05, 0) is 29.8 Å². The van der Waals surface area contributed by atoms with E-state index in [-0.39, 0.29) is 29.7 Å². The van der Waals surface area contributed by atoms with E-state index < -0.39 is 4.92 Å². The van der Waals surface area contributed by atoms with Crippen molar-refractivity contribution in [1.82, 2.24) is 15.6 Å². The number of hydrogen-bond donors (Lipinski definition) is 2. The van der Waals surface area contributed by atoms with Crippen molar-refractivity contribution >= 4 is 35.6 Å². The minimum Gasteiger partial charge on any atom is -0.467 e. The minimum absolute atomic E-state index is 0. The topological polar surface area (TPSA) is 106 Å². The van der Waals surface area contributed by atoms with Crippen LogP contribution in [0.3, 0.4) is 0 Å². The molecule has 2 aromatic heterocycles. The van der Waals surface area contributed by atoms with Gasteiger partial charge >= 0.3 is 0 Å². The first-order valence-electron chi connectivity index (χ1n) is 8.38. The molecular weight excluding hydrogens is 473 g/mol. The molecule has 0 saturated carbocycles. The molecule has 1 aromatic carbocycles. The Balaban J connectivity index is 0.00000280. The Bertz CT molecular complexity index is 884. The summed E-state index contributed by atoms with van der Waals surface area (Å²) in [6, 6.07) is 15.8. The van der Waals surface area contributed by atoms with Crippen LogP contribution < -0.4 is 10.6 Å². The molecule has 2 N–H and O–H groups in total. The molecule has 9 heteroatoms. The van der Waals surface area contributed by atoms with Crippen LogP contribution in [0.1, 0.15) is 17.0 Å². The summed E-state index contributed by atoms with van der Waals surface area (Å²) in [5.74, 6) is 1.38. The molecule has 0 atom stereocenters. The summed E-state index contributed by atoms with van der Waals surface area (Å²) in [6.07, 6.45) is 3.35. The summed E-state index contributed by atoms with van der Waals surface area (Å²) < 4.78 is 5.32. The SMILES string of the molecule is I.O=[N+]([O-])c1ccc(CN=C(NCc2ccccn2)NCc2ccco2)cc1. The largest absolute Gasteiger partial charge is 0.467 e. The van der Waals surface area contributed by atoms with E-state index in [9.17, 15) is 10.1 Å². The molecule has 3 aromatic rings. The van der Waals surface area contributed by atoms with Gasteiger partial charge in [-0.3, -0.25) is 15.1 Å². The van der Waals surface area contributed by atoms with Crippen molar-refractivity contribution in [2.75, 3.05) is 0 Å². The zero-order valence-electron chi connectivity index (χ0n) is 14.9. The average molecular weight is 493 g/mol. The Morgan fingerprint density at radius 2 is 1.86 bits per heavy atom. The van der Waals surface area contributed by atoms with Gasteiger partial charge < -0.3 is 15.1 Å². The molecule has 0 unspecified atom stereocenters. The number of nitro groups is 1. The highest BCUT2D eigenvalue weighted by Gasteiger charge is 2.05. The van der Waals surface area contributed by atoms with Crippen LogP contribution >= 0.6 is 24.0 Å². The predicted molar refractivity (Wildman–Crippen MR) is 116 cm³/mol. The molecule has 0 bridgehead atoms. The molecule has 0 aliphatic rings. The maximum atomic E-state index is 10.7. The number of non-ortho nitro benzene ring substituents is 1. The van der Waals surface area contributed by atoms with Gasteiger partial charge in [-0.15, -0.1) is 24.0 Å². The number of nitrogens with zero attached hydrogens (tertiary/aromatic N) is 3. The molecule has 0 amide bonds. The third-order valence-corrected chi connectivity index (χ3v) is 3.74. The second-order valence-corrected chi connectivity index (χ2v) is 5.70. The highest BCUT2D eigenvalue weighted by atomic mass is 127. The number of halogens is 1. The Labute approximate surface area is 179 Å². The second-order valence-electron chi connectivity index (χ2n) is 5.70. The fourth-order valence-electron chi connectivity index (χ4n) is 2.33. The van der Waals surface area contributed by atoms with E-state index in [1.807, 2.05) is 30.3 Å². The molecule has 0 saturated heterocycles. The van der Waals surface area contributed by atoms with Gasteiger partial charge in [-0.1, -0.05) is 18.2 Å². The van der Waals surface area contributed by atoms with Crippen LogP contribution in [0.25, 0.3) is 0 Å². The van der Waals surface area contributed by atoms with Crippen molar-refractivity contribution in [1.29, 1.82) is 0 Å². The third-order valence-electron chi connectivity index (χ3n) is 3.74. The molecule has 146 valence electrons. The number of nitro benzene ring substituents is 1. The highest BCUT2D eigenvalue weighted by molar-refractivity contribution is 14.0. The Kier molecular flexibility index (Phi) is 8.40. The summed E-state index contributed by atoms with van der Waals surface area (Å²) in [6.45, 7) is 1.39. The lowest BCUT2D eigenvalue weighted by Gasteiger charge is -2.11. The molecule has 28 heavy (non-hydrogen) atoms. The summed E-state index contributed by atoms with van der Waals surface area (Å²) in [7, 11) is 0. The monoisotopic (exact) mass is 493 g/mol. The van der Waals surface area contributed by atoms with Gasteiger partial charge in [0.05, 0.1) is 36.5 Å². The van der Waals surface area contributed by atoms with E-state index in [2.05, 4.69) is 20.6 Å². The smallest absolute Gasteiger partial charge is 0.269 e. The van der Waals surface area contributed by atoms with Crippen molar-refractivity contribution in [2.45, 2.75) is 19.6 Å². The fraction of sp³-hybridized carbons (Fsp3) is 0.158. The molecule has 3 rings (SSSR count). The quantitative estimate of drug-likeness (QED) is 0.171. The molecule has 0 aliphatic heterocycles. The van der Waals surface area contributed by atoms with Crippen LogP contribution in [-0.4, -0.2) is 15.9 Å². The molecule has 0 radical (unpaired) electrons. The van der Waals surface area contributed by atoms with Crippen LogP contribution in [0.2, 0.25) is 0 Å². The van der Waals surface area contributed by atoms with Gasteiger partial charge in [0.1, 0.15) is 5.76 Å². The normalized spacial score (nSPS) is 10.8. The lowest BCUT2D eigenvalue weighted by molar-refractivity contribution is -0.384. The molecule has 0 aliphatic carbocycles. The van der Waals surface area contributed by atoms with Crippen molar-refractivity contribution in [3.63, 3.8) is 0 Å². The Morgan fingerprint density at radius 3 is 2.50 bits per heavy atom. The van der Waals surface area contributed by atoms with E-state index in [1.54, 1.807) is 24.6 Å². The number of hydrogen-bond acceptors (Lipinski definition) is 5. The average Bonchev–Trinajstić information content (AvgIpc) is 3.22. The maximum absolute atomic E-state index is 10.7. The van der Waals surface area contributed by atoms with Gasteiger partial charge in [-0.2, -0.15) is 0 Å². The number of rotatable bonds is 7. The number of nitrogens with one attached hydrogen (secondary N) is 2. The first-order valence-corrected chi connectivity index (χ1v) is 8.38. The first kappa shape index (κ1) is 21.4. The number of pyridine rings is 1. The van der Waals surface area contributed by atoms with Gasteiger partial charge in [0, 0.05) is 18.3 Å². The van der Waals surface area contributed by atoms with Crippen molar-refractivity contribution in [3.05, 3.63) is 94.2 Å². The maximum Gasteiger partial charge on any atom is 0.269 e. The molecular formula is C19H20IN5O3. The van der Waals surface area contributed by atoms with Gasteiger partial charge in [0.15, 0.2) is 5.96 Å². The molecule has 2 heterocycles. The molecule has 0 fully saturated rings. The highest BCUT2D eigenvalue weighted by Crippen LogP contribution is 2.12. The van der Waals surface area contributed by atoms with Crippen molar-refractivity contribution in [2.24, 2.45) is 4.99 Å². The van der Waals surface area contributed by atoms with E-state index in [0.717, 1.165) is 17.0 Å². The first-order chi connectivity index (χ1) is 13.2. The Hall–Kier alpha value is -2.95. The van der Waals surface area contributed by atoms with Gasteiger partial charge in [-0.25, -0.2) is 4.99 Å². The van der Waals surface area contributed by atoms with Gasteiger partial charge in [0.2, 0.25) is 0 Å². The molecule has 8 nitrogen and oxygen atoms in total. The summed E-state index contributed by atoms with van der Waals surface area (Å²) >= 11 is 0. The van der Waals surface area contributed by atoms with E-state index in [0.29, 0.717) is 25.6 Å². The van der Waals surface area contributed by atoms with Crippen molar-refractivity contribution < 1.29 is 9.34 Å². The number of aromatic nitrogens is 1. The van der Waals surface area contributed by atoms with Crippen LogP contribution in [0.5, 0.6) is 0 Å².